The van der Waals surface area contributed by atoms with Crippen LogP contribution in [0.2, 0.25) is 0 Å². The predicted molar refractivity (Wildman–Crippen MR) is 231 cm³/mol. The van der Waals surface area contributed by atoms with Crippen LogP contribution in [0.3, 0.4) is 0 Å². The van der Waals surface area contributed by atoms with Crippen molar-refractivity contribution in [2.24, 2.45) is 0 Å². The van der Waals surface area contributed by atoms with Gasteiger partial charge in [0.25, 0.3) is 0 Å². The Labute approximate surface area is 323 Å². The second-order valence-electron chi connectivity index (χ2n) is 13.6. The normalized spacial score (nSPS) is 11.3. The Morgan fingerprint density at radius 3 is 1.29 bits per heavy atom. The summed E-state index contributed by atoms with van der Waals surface area (Å²) < 4.78 is 2.45. The third-order valence-corrected chi connectivity index (χ3v) is 11.3. The Kier molecular flexibility index (Phi) is 8.36. The average Bonchev–Trinajstić information content (AvgIpc) is 3.66. The molecule has 8 aromatic carbocycles. The molecule has 0 aliphatic heterocycles. The molecule has 258 valence electrons. The number of hydrogen-bond acceptors (Lipinski definition) is 4. The molecule has 0 radical (unpaired) electrons. The van der Waals surface area contributed by atoms with Gasteiger partial charge in [0, 0.05) is 36.9 Å². The van der Waals surface area contributed by atoms with Crippen molar-refractivity contribution >= 4 is 31.5 Å². The van der Waals surface area contributed by atoms with Gasteiger partial charge in [-0.15, -0.1) is 11.3 Å². The first-order valence-corrected chi connectivity index (χ1v) is 19.2. The molecule has 0 saturated heterocycles. The maximum Gasteiger partial charge on any atom is 0.164 e. The molecule has 0 saturated carbocycles. The van der Waals surface area contributed by atoms with E-state index in [2.05, 4.69) is 188 Å². The van der Waals surface area contributed by atoms with Crippen LogP contribution in [-0.4, -0.2) is 15.0 Å². The molecule has 0 atom stereocenters. The van der Waals surface area contributed by atoms with Crippen molar-refractivity contribution in [1.82, 2.24) is 15.0 Å². The number of nitrogens with zero attached hydrogens (tertiary/aromatic N) is 3. The quantitative estimate of drug-likeness (QED) is 0.165. The van der Waals surface area contributed by atoms with Crippen LogP contribution in [0.15, 0.2) is 200 Å². The van der Waals surface area contributed by atoms with Gasteiger partial charge in [-0.25, -0.2) is 15.0 Å². The van der Waals surface area contributed by atoms with Gasteiger partial charge in [-0.3, -0.25) is 0 Å². The van der Waals surface area contributed by atoms with Gasteiger partial charge >= 0.3 is 0 Å². The lowest BCUT2D eigenvalue weighted by molar-refractivity contribution is 1.07. The van der Waals surface area contributed by atoms with Crippen molar-refractivity contribution in [3.63, 3.8) is 0 Å². The molecule has 0 N–H and O–H groups in total. The molecule has 0 aliphatic rings. The summed E-state index contributed by atoms with van der Waals surface area (Å²) in [5, 5.41) is 2.50. The first-order valence-electron chi connectivity index (χ1n) is 18.4. The summed E-state index contributed by atoms with van der Waals surface area (Å²) in [5.74, 6) is 1.93. The topological polar surface area (TPSA) is 38.7 Å². The fourth-order valence-electron chi connectivity index (χ4n) is 7.35. The summed E-state index contributed by atoms with van der Waals surface area (Å²) in [5.41, 5.74) is 12.3. The fourth-order valence-corrected chi connectivity index (χ4v) is 8.52. The van der Waals surface area contributed by atoms with E-state index in [0.717, 1.165) is 33.4 Å². The molecule has 0 amide bonds. The van der Waals surface area contributed by atoms with Crippen LogP contribution in [0.4, 0.5) is 0 Å². The Morgan fingerprint density at radius 1 is 0.273 bits per heavy atom. The summed E-state index contributed by atoms with van der Waals surface area (Å²) in [7, 11) is 0. The Balaban J connectivity index is 1.07. The van der Waals surface area contributed by atoms with Crippen molar-refractivity contribution < 1.29 is 0 Å². The van der Waals surface area contributed by atoms with Gasteiger partial charge in [0.1, 0.15) is 0 Å². The zero-order valence-electron chi connectivity index (χ0n) is 29.8. The van der Waals surface area contributed by atoms with Gasteiger partial charge in [-0.1, -0.05) is 182 Å². The van der Waals surface area contributed by atoms with Crippen molar-refractivity contribution in [2.75, 3.05) is 0 Å². The Bertz CT molecular complexity index is 2940. The maximum absolute atomic E-state index is 5.14. The second kappa shape index (κ2) is 14.1. The molecule has 3 nitrogen and oxygen atoms in total. The maximum atomic E-state index is 5.14. The molecule has 2 aromatic heterocycles. The fraction of sp³-hybridized carbons (Fsp3) is 0. The van der Waals surface area contributed by atoms with E-state index in [1.165, 1.54) is 48.0 Å². The van der Waals surface area contributed by atoms with E-state index in [-0.39, 0.29) is 0 Å². The van der Waals surface area contributed by atoms with Crippen molar-refractivity contribution in [3.8, 4) is 78.7 Å². The van der Waals surface area contributed by atoms with E-state index in [1.54, 1.807) is 0 Å². The SMILES string of the molecule is c1ccc(-c2ccc(-c3nc(-c4cccc(-c5ccccc5)c4)nc(-c4ccc5c(c4)sc4cccc(-c6ccc(-c7ccccc7)cc6)c45)n3)cc2)cc1. The van der Waals surface area contributed by atoms with Gasteiger partial charge in [0.15, 0.2) is 17.5 Å². The summed E-state index contributed by atoms with van der Waals surface area (Å²) in [4.78, 5) is 15.3. The molecular weight excluding hydrogens is 687 g/mol. The highest BCUT2D eigenvalue weighted by Crippen LogP contribution is 2.42. The molecule has 10 aromatic rings. The van der Waals surface area contributed by atoms with Crippen LogP contribution in [0, 0.1) is 0 Å². The van der Waals surface area contributed by atoms with E-state index in [9.17, 15) is 0 Å². The predicted octanol–water partition coefficient (Wildman–Crippen LogP) is 13.9. The second-order valence-corrected chi connectivity index (χ2v) is 14.7. The highest BCUT2D eigenvalue weighted by atomic mass is 32.1. The van der Waals surface area contributed by atoms with Crippen LogP contribution in [0.1, 0.15) is 0 Å². The van der Waals surface area contributed by atoms with E-state index in [0.29, 0.717) is 17.5 Å². The van der Waals surface area contributed by atoms with Crippen LogP contribution < -0.4 is 0 Å². The molecule has 10 rings (SSSR count). The standard InChI is InChI=1S/C51H33N3S/c1-4-12-34(13-5-1)37-22-26-39(27-23-37)44-20-11-21-46-48(44)45-31-30-43(33-47(45)55-46)51-53-49(40-28-24-38(25-29-40)35-14-6-2-7-15-35)52-50(54-51)42-19-10-18-41(32-42)36-16-8-3-9-17-36/h1-33H. The van der Waals surface area contributed by atoms with E-state index >= 15 is 0 Å². The number of rotatable bonds is 7. The van der Waals surface area contributed by atoms with Crippen molar-refractivity contribution in [3.05, 3.63) is 200 Å². The third-order valence-electron chi connectivity index (χ3n) is 10.2. The van der Waals surface area contributed by atoms with E-state index in [4.69, 9.17) is 15.0 Å². The lowest BCUT2D eigenvalue weighted by Crippen LogP contribution is -2.00. The molecule has 0 aliphatic carbocycles. The average molecular weight is 720 g/mol. The number of thiophene rings is 1. The summed E-state index contributed by atoms with van der Waals surface area (Å²) in [6.45, 7) is 0. The minimum Gasteiger partial charge on any atom is -0.208 e. The number of fused-ring (bicyclic) bond motifs is 3. The smallest absolute Gasteiger partial charge is 0.164 e. The molecule has 0 fully saturated rings. The molecule has 0 bridgehead atoms. The molecular formula is C51H33N3S. The van der Waals surface area contributed by atoms with Crippen molar-refractivity contribution in [2.45, 2.75) is 0 Å². The lowest BCUT2D eigenvalue weighted by atomic mass is 9.97. The first kappa shape index (κ1) is 32.6. The van der Waals surface area contributed by atoms with E-state index in [1.807, 2.05) is 23.5 Å². The molecule has 0 unspecified atom stereocenters. The minimum absolute atomic E-state index is 0.641. The van der Waals surface area contributed by atoms with Gasteiger partial charge in [-0.05, 0) is 62.7 Å². The highest BCUT2D eigenvalue weighted by Gasteiger charge is 2.16. The van der Waals surface area contributed by atoms with Gasteiger partial charge in [-0.2, -0.15) is 0 Å². The number of aromatic nitrogens is 3. The largest absolute Gasteiger partial charge is 0.208 e. The monoisotopic (exact) mass is 719 g/mol. The van der Waals surface area contributed by atoms with Crippen LogP contribution in [0.5, 0.6) is 0 Å². The zero-order valence-corrected chi connectivity index (χ0v) is 30.6. The molecule has 55 heavy (non-hydrogen) atoms. The summed E-state index contributed by atoms with van der Waals surface area (Å²) in [6, 6.07) is 70.5. The molecule has 0 spiro atoms. The van der Waals surface area contributed by atoms with Crippen LogP contribution in [0.25, 0.3) is 98.8 Å². The Hall–Kier alpha value is -7.01. The van der Waals surface area contributed by atoms with Crippen LogP contribution in [-0.2, 0) is 0 Å². The van der Waals surface area contributed by atoms with Crippen molar-refractivity contribution in [1.29, 1.82) is 0 Å². The first-order chi connectivity index (χ1) is 27.2. The number of hydrogen-bond donors (Lipinski definition) is 0. The molecule has 4 heteroatoms. The minimum atomic E-state index is 0.641. The molecule has 2 heterocycles. The van der Waals surface area contributed by atoms with Gasteiger partial charge in [0.2, 0.25) is 0 Å². The third kappa shape index (κ3) is 6.39. The Morgan fingerprint density at radius 2 is 0.691 bits per heavy atom. The van der Waals surface area contributed by atoms with E-state index < -0.39 is 0 Å². The van der Waals surface area contributed by atoms with Crippen LogP contribution >= 0.6 is 11.3 Å². The number of benzene rings is 8. The zero-order chi connectivity index (χ0) is 36.6. The summed E-state index contributed by atoms with van der Waals surface area (Å²) >= 11 is 1.81. The lowest BCUT2D eigenvalue weighted by Gasteiger charge is -2.10. The summed E-state index contributed by atoms with van der Waals surface area (Å²) in [6.07, 6.45) is 0. The highest BCUT2D eigenvalue weighted by molar-refractivity contribution is 7.26. The van der Waals surface area contributed by atoms with Gasteiger partial charge < -0.3 is 0 Å². The van der Waals surface area contributed by atoms with Gasteiger partial charge in [0.05, 0.1) is 0 Å².